The summed E-state index contributed by atoms with van der Waals surface area (Å²) in [6.07, 6.45) is 61.8. The van der Waals surface area contributed by atoms with E-state index >= 15 is 0 Å². The van der Waals surface area contributed by atoms with Crippen LogP contribution in [0.15, 0.2) is 236 Å². The summed E-state index contributed by atoms with van der Waals surface area (Å²) in [4.78, 5) is 99.8. The van der Waals surface area contributed by atoms with Crippen LogP contribution in [0.4, 0.5) is 0 Å². The van der Waals surface area contributed by atoms with E-state index in [1.807, 2.05) is 91.1 Å². The van der Waals surface area contributed by atoms with Gasteiger partial charge >= 0.3 is 0 Å². The lowest BCUT2D eigenvalue weighted by Crippen LogP contribution is -2.25. The van der Waals surface area contributed by atoms with Crippen LogP contribution in [0.3, 0.4) is 0 Å². The van der Waals surface area contributed by atoms with Gasteiger partial charge in [0.1, 0.15) is 0 Å². The highest BCUT2D eigenvalue weighted by atomic mass is 16.2. The molecule has 7 heteroatoms. The molecule has 0 aromatic heterocycles. The second-order valence-electron chi connectivity index (χ2n) is 21.6. The first-order chi connectivity index (χ1) is 37.0. The Morgan fingerprint density at radius 3 is 1.93 bits per heavy atom. The Hall–Kier alpha value is -7.51. The van der Waals surface area contributed by atoms with E-state index in [2.05, 4.69) is 36.5 Å². The molecule has 10 aliphatic carbocycles. The molecule has 0 aromatic carbocycles. The smallest absolute Gasteiger partial charge is 0.188 e. The van der Waals surface area contributed by atoms with Crippen molar-refractivity contribution in [2.75, 3.05) is 0 Å². The molecule has 4 atom stereocenters. The number of allylic oxidation sites excluding steroid dienone is 40. The van der Waals surface area contributed by atoms with Crippen LogP contribution in [0.25, 0.3) is 0 Å². The monoisotopic (exact) mass is 1010 g/mol. The molecule has 0 spiro atoms. The fourth-order valence-electron chi connectivity index (χ4n) is 12.0. The predicted octanol–water partition coefficient (Wildman–Crippen LogP) is 13.9. The van der Waals surface area contributed by atoms with Gasteiger partial charge in [-0.15, -0.1) is 0 Å². The molecule has 0 aromatic rings. The average Bonchev–Trinajstić information content (AvgIpc) is 3.49. The fourth-order valence-corrected chi connectivity index (χ4v) is 12.0. The maximum Gasteiger partial charge on any atom is 0.188 e. The Bertz CT molecular complexity index is 3210. The summed E-state index contributed by atoms with van der Waals surface area (Å²) in [6.45, 7) is 0. The lowest BCUT2D eigenvalue weighted by molar-refractivity contribution is -0.119. The van der Waals surface area contributed by atoms with Crippen molar-refractivity contribution in [3.05, 3.63) is 236 Å². The van der Waals surface area contributed by atoms with Gasteiger partial charge in [0.05, 0.1) is 0 Å². The second-order valence-corrected chi connectivity index (χ2v) is 21.6. The molecular formula is C69H66O7. The highest BCUT2D eigenvalue weighted by molar-refractivity contribution is 6.19. The first kappa shape index (κ1) is 52.0. The molecule has 76 heavy (non-hydrogen) atoms. The number of carbonyl (C=O) groups is 7. The van der Waals surface area contributed by atoms with Crippen LogP contribution in [0.5, 0.6) is 0 Å². The summed E-state index contributed by atoms with van der Waals surface area (Å²) >= 11 is 0. The highest BCUT2D eigenvalue weighted by Crippen LogP contribution is 2.38. The molecular weight excluding hydrogens is 941 g/mol. The van der Waals surface area contributed by atoms with Gasteiger partial charge in [0.2, 0.25) is 0 Å². The van der Waals surface area contributed by atoms with E-state index < -0.39 is 11.8 Å². The van der Waals surface area contributed by atoms with Gasteiger partial charge in [-0.1, -0.05) is 157 Å². The minimum atomic E-state index is -0.816. The lowest BCUT2D eigenvalue weighted by atomic mass is 9.77. The standard InChI is InChI=1S/C69H66O7/c70-63(49-21-6-2-7-22-49)51-25-11-19-47(37-51)35-48-20-12-27-53(38-48)67(74)60-42-61(68(75)58-32-14-29-55(40-58)65(72)52-26-10-18-46(36-52)34-45-16-4-1-5-17-45)44-62(43-60)69(76)59-33-15-31-57(41-59)66(73)56-30-13-28-54(39-56)64(71)50-23-8-3-9-24-50/h2-4,6,8,10,12-13,16-18,20,22-23,25-26,30-33,37-40,43-44,48,52,54,60H,1,5,7,9,11,14-15,19,21,24,27-29,34-36,41-42H2. The Labute approximate surface area is 447 Å². The van der Waals surface area contributed by atoms with Gasteiger partial charge in [-0.3, -0.25) is 33.6 Å². The van der Waals surface area contributed by atoms with Crippen molar-refractivity contribution in [2.24, 2.45) is 23.7 Å². The maximum atomic E-state index is 14.9. The summed E-state index contributed by atoms with van der Waals surface area (Å²) in [5.41, 5.74) is 9.35. The SMILES string of the molecule is O=C(C1=CCCC(CC2C=CCC(C(=O)C3C=C(C(=O)C4=CCC=C(C(=O)C5=CC(C(=O)C6=CC=CCC6)CC=C5)C4)C=C(C(=O)C4=CCCC(C(=O)C5C=CC=C(CC6=CCCC=C6)C5)=C4)C3)=C2)=C1)C1=CCC=CC1. The van der Waals surface area contributed by atoms with Gasteiger partial charge in [-0.2, -0.15) is 0 Å². The molecule has 0 radical (unpaired) electrons. The number of hydrogen-bond acceptors (Lipinski definition) is 7. The van der Waals surface area contributed by atoms with E-state index in [-0.39, 0.29) is 70.7 Å². The van der Waals surface area contributed by atoms with Gasteiger partial charge in [-0.05, 0) is 150 Å². The zero-order chi connectivity index (χ0) is 52.5. The van der Waals surface area contributed by atoms with Crippen molar-refractivity contribution >= 4 is 40.5 Å². The van der Waals surface area contributed by atoms with E-state index in [0.717, 1.165) is 67.2 Å². The summed E-state index contributed by atoms with van der Waals surface area (Å²) < 4.78 is 0. The Morgan fingerprint density at radius 1 is 0.434 bits per heavy atom. The Morgan fingerprint density at radius 2 is 1.14 bits per heavy atom. The second kappa shape index (κ2) is 24.0. The molecule has 384 valence electrons. The molecule has 0 aliphatic heterocycles. The zero-order valence-electron chi connectivity index (χ0n) is 43.4. The van der Waals surface area contributed by atoms with E-state index in [9.17, 15) is 33.6 Å². The van der Waals surface area contributed by atoms with Crippen LogP contribution < -0.4 is 0 Å². The molecule has 4 unspecified atom stereocenters. The summed E-state index contributed by atoms with van der Waals surface area (Å²) in [5.74, 6) is -2.61. The van der Waals surface area contributed by atoms with E-state index in [1.54, 1.807) is 30.4 Å². The summed E-state index contributed by atoms with van der Waals surface area (Å²) in [7, 11) is 0. The van der Waals surface area contributed by atoms with Gasteiger partial charge in [0.25, 0.3) is 0 Å². The third kappa shape index (κ3) is 12.3. The van der Waals surface area contributed by atoms with Gasteiger partial charge < -0.3 is 0 Å². The molecule has 0 amide bonds. The maximum absolute atomic E-state index is 14.9. The van der Waals surface area contributed by atoms with Crippen LogP contribution in [-0.2, 0) is 33.6 Å². The van der Waals surface area contributed by atoms with Crippen molar-refractivity contribution < 1.29 is 33.6 Å². The van der Waals surface area contributed by atoms with Gasteiger partial charge in [0.15, 0.2) is 40.5 Å². The number of carbonyl (C=O) groups excluding carboxylic acids is 7. The normalized spacial score (nSPS) is 25.0. The topological polar surface area (TPSA) is 119 Å². The van der Waals surface area contributed by atoms with Crippen molar-refractivity contribution in [3.8, 4) is 0 Å². The fraction of sp³-hybridized carbons (Fsp3) is 0.319. The first-order valence-corrected chi connectivity index (χ1v) is 27.6. The van der Waals surface area contributed by atoms with Crippen LogP contribution in [0.1, 0.15) is 116 Å². The largest absolute Gasteiger partial charge is 0.294 e. The van der Waals surface area contributed by atoms with Gasteiger partial charge in [0, 0.05) is 68.8 Å². The Balaban J connectivity index is 0.879. The number of rotatable bonds is 18. The van der Waals surface area contributed by atoms with Crippen LogP contribution >= 0.6 is 0 Å². The number of Topliss-reactive ketones (excluding diaryl/α,β-unsaturated/α-hetero) is 7. The minimum Gasteiger partial charge on any atom is -0.294 e. The summed E-state index contributed by atoms with van der Waals surface area (Å²) in [6, 6.07) is 0. The molecule has 0 bridgehead atoms. The molecule has 0 heterocycles. The van der Waals surface area contributed by atoms with Crippen molar-refractivity contribution in [2.45, 2.75) is 116 Å². The van der Waals surface area contributed by atoms with Crippen molar-refractivity contribution in [3.63, 3.8) is 0 Å². The summed E-state index contributed by atoms with van der Waals surface area (Å²) in [5, 5.41) is 0. The Kier molecular flexibility index (Phi) is 16.4. The van der Waals surface area contributed by atoms with Crippen LogP contribution in [-0.4, -0.2) is 40.5 Å². The third-order valence-corrected chi connectivity index (χ3v) is 16.1. The number of ketones is 7. The van der Waals surface area contributed by atoms with Crippen LogP contribution in [0.2, 0.25) is 0 Å². The quantitative estimate of drug-likeness (QED) is 0.125. The van der Waals surface area contributed by atoms with Crippen LogP contribution in [0, 0.1) is 23.7 Å². The van der Waals surface area contributed by atoms with E-state index in [1.165, 1.54) is 11.1 Å². The average molecular weight is 1010 g/mol. The molecule has 0 saturated carbocycles. The lowest BCUT2D eigenvalue weighted by Gasteiger charge is -2.25. The zero-order valence-corrected chi connectivity index (χ0v) is 43.4. The minimum absolute atomic E-state index is 0.00635. The number of hydrogen-bond donors (Lipinski definition) is 0. The third-order valence-electron chi connectivity index (χ3n) is 16.1. The van der Waals surface area contributed by atoms with Crippen molar-refractivity contribution in [1.29, 1.82) is 0 Å². The molecule has 0 fully saturated rings. The van der Waals surface area contributed by atoms with E-state index in [0.29, 0.717) is 96.8 Å². The predicted molar refractivity (Wildman–Crippen MR) is 300 cm³/mol. The van der Waals surface area contributed by atoms with Gasteiger partial charge in [-0.25, -0.2) is 0 Å². The molecule has 0 saturated heterocycles. The molecule has 0 N–H and O–H groups in total. The molecule has 10 aliphatic rings. The highest BCUT2D eigenvalue weighted by Gasteiger charge is 2.34. The first-order valence-electron chi connectivity index (χ1n) is 27.6. The molecule has 10 rings (SSSR count). The molecule has 7 nitrogen and oxygen atoms in total. The van der Waals surface area contributed by atoms with E-state index in [4.69, 9.17) is 0 Å². The van der Waals surface area contributed by atoms with Crippen molar-refractivity contribution in [1.82, 2.24) is 0 Å².